The number of amides is 1. The molecule has 1 amide bonds. The summed E-state index contributed by atoms with van der Waals surface area (Å²) in [6.45, 7) is 1.70. The van der Waals surface area contributed by atoms with E-state index in [1.54, 1.807) is 17.0 Å². The summed E-state index contributed by atoms with van der Waals surface area (Å²) in [6.07, 6.45) is 1.26. The molecule has 1 saturated heterocycles. The molecule has 3 aromatic rings. The molecule has 1 aliphatic heterocycles. The first-order valence-corrected chi connectivity index (χ1v) is 10.2. The van der Waals surface area contributed by atoms with Crippen molar-refractivity contribution in [2.45, 2.75) is 31.9 Å². The van der Waals surface area contributed by atoms with Gasteiger partial charge in [0.1, 0.15) is 0 Å². The van der Waals surface area contributed by atoms with Gasteiger partial charge >= 0.3 is 6.43 Å². The number of anilines is 2. The Hall–Kier alpha value is -3.40. The smallest absolute Gasteiger partial charge is 0.314 e. The molecule has 1 aliphatic rings. The van der Waals surface area contributed by atoms with Crippen molar-refractivity contribution in [2.24, 2.45) is 0 Å². The number of halogens is 2. The Morgan fingerprint density at radius 1 is 1.12 bits per heavy atom. The van der Waals surface area contributed by atoms with Gasteiger partial charge in [0.2, 0.25) is 12.3 Å². The minimum atomic E-state index is -2.83. The zero-order valence-corrected chi connectivity index (χ0v) is 17.5. The molecule has 0 radical (unpaired) electrons. The van der Waals surface area contributed by atoms with Crippen molar-refractivity contribution >= 4 is 17.8 Å². The van der Waals surface area contributed by atoms with Crippen LogP contribution in [0.2, 0.25) is 0 Å². The van der Waals surface area contributed by atoms with Gasteiger partial charge in [0.25, 0.3) is 5.89 Å². The van der Waals surface area contributed by atoms with Crippen LogP contribution in [-0.2, 0) is 16.1 Å². The molecule has 0 bridgehead atoms. The molecule has 8 nitrogen and oxygen atoms in total. The average molecular weight is 443 g/mol. The van der Waals surface area contributed by atoms with Gasteiger partial charge in [-0.25, -0.2) is 0 Å². The lowest BCUT2D eigenvalue weighted by molar-refractivity contribution is -0.107. The predicted octanol–water partition coefficient (Wildman–Crippen LogP) is 3.85. The summed E-state index contributed by atoms with van der Waals surface area (Å²) in [5, 5.41) is 6.94. The highest BCUT2D eigenvalue weighted by molar-refractivity contribution is 5.84. The maximum atomic E-state index is 12.7. The summed E-state index contributed by atoms with van der Waals surface area (Å²) >= 11 is 0. The number of carbonyl (C=O) groups is 1. The third-order valence-electron chi connectivity index (χ3n) is 5.47. The van der Waals surface area contributed by atoms with Crippen molar-refractivity contribution in [3.63, 3.8) is 0 Å². The number of hydrogen-bond donors (Lipinski definition) is 0. The van der Waals surface area contributed by atoms with Gasteiger partial charge in [0.05, 0.1) is 29.2 Å². The van der Waals surface area contributed by atoms with Gasteiger partial charge < -0.3 is 19.0 Å². The highest BCUT2D eigenvalue weighted by Crippen LogP contribution is 2.32. The van der Waals surface area contributed by atoms with Crippen molar-refractivity contribution in [3.8, 4) is 11.5 Å². The fraction of sp³-hybridized carbons (Fsp3) is 0.364. The molecule has 0 atom stereocenters. The lowest BCUT2D eigenvalue weighted by Crippen LogP contribution is -2.37. The second-order valence-corrected chi connectivity index (χ2v) is 7.46. The number of nitrogens with zero attached hydrogens (tertiary/aromatic N) is 5. The van der Waals surface area contributed by atoms with Crippen LogP contribution in [0.15, 0.2) is 47.0 Å². The van der Waals surface area contributed by atoms with Gasteiger partial charge in [0, 0.05) is 32.5 Å². The lowest BCUT2D eigenvalue weighted by Gasteiger charge is -2.35. The van der Waals surface area contributed by atoms with Crippen LogP contribution in [0.4, 0.5) is 20.2 Å². The largest absolute Gasteiger partial charge is 0.415 e. The normalized spacial score (nSPS) is 14.5. The molecule has 0 spiro atoms. The zero-order valence-electron chi connectivity index (χ0n) is 17.5. The zero-order chi connectivity index (χ0) is 22.5. The second-order valence-electron chi connectivity index (χ2n) is 7.46. The molecular formula is C22H23F2N5O3. The Bertz CT molecular complexity index is 1040. The molecule has 0 saturated carbocycles. The number of benzene rings is 1. The Morgan fingerprint density at radius 3 is 2.50 bits per heavy atom. The summed E-state index contributed by atoms with van der Waals surface area (Å²) in [5.41, 5.74) is 2.78. The van der Waals surface area contributed by atoms with E-state index in [-0.39, 0.29) is 12.4 Å². The molecule has 32 heavy (non-hydrogen) atoms. The van der Waals surface area contributed by atoms with Crippen LogP contribution in [0.3, 0.4) is 0 Å². The molecule has 0 unspecified atom stereocenters. The van der Waals surface area contributed by atoms with Gasteiger partial charge in [-0.3, -0.25) is 9.78 Å². The topological polar surface area (TPSA) is 84.6 Å². The first-order valence-electron chi connectivity index (χ1n) is 10.2. The van der Waals surface area contributed by atoms with Crippen molar-refractivity contribution in [1.29, 1.82) is 0 Å². The third kappa shape index (κ3) is 4.75. The van der Waals surface area contributed by atoms with Crippen LogP contribution in [0.25, 0.3) is 11.5 Å². The summed E-state index contributed by atoms with van der Waals surface area (Å²) in [5.74, 6) is -0.767. The predicted molar refractivity (Wildman–Crippen MR) is 113 cm³/mol. The molecule has 0 N–H and O–H groups in total. The van der Waals surface area contributed by atoms with Crippen LogP contribution in [0, 0.1) is 0 Å². The summed E-state index contributed by atoms with van der Waals surface area (Å²) in [6, 6.07) is 11.4. The second kappa shape index (κ2) is 9.82. The van der Waals surface area contributed by atoms with E-state index in [4.69, 9.17) is 9.15 Å². The van der Waals surface area contributed by atoms with E-state index in [0.717, 1.165) is 43.8 Å². The highest BCUT2D eigenvalue weighted by Gasteiger charge is 2.23. The fourth-order valence-electron chi connectivity index (χ4n) is 3.71. The molecule has 0 aliphatic carbocycles. The third-order valence-corrected chi connectivity index (χ3v) is 5.47. The fourth-order valence-corrected chi connectivity index (χ4v) is 3.71. The number of pyridine rings is 1. The number of aromatic nitrogens is 3. The standard InChI is InChI=1S/C22H23F2N5O3/c1-28(17-8-10-31-11-9-17)18-4-2-3-5-19(18)29(14-30)13-16-7-6-15(12-25-16)21-26-27-22(32-21)20(23)24/h2-7,12,14,17,20H,8-11,13H2,1H3. The van der Waals surface area contributed by atoms with Gasteiger partial charge in [-0.2, -0.15) is 8.78 Å². The number of hydrogen-bond acceptors (Lipinski definition) is 7. The van der Waals surface area contributed by atoms with Crippen molar-refractivity contribution < 1.29 is 22.7 Å². The molecule has 2 aromatic heterocycles. The Labute approximate surface area is 183 Å². The van der Waals surface area contributed by atoms with Crippen LogP contribution >= 0.6 is 0 Å². The molecule has 10 heteroatoms. The van der Waals surface area contributed by atoms with Crippen molar-refractivity contribution in [1.82, 2.24) is 15.2 Å². The van der Waals surface area contributed by atoms with Crippen molar-refractivity contribution in [2.75, 3.05) is 30.1 Å². The first kappa shape index (κ1) is 21.8. The quantitative estimate of drug-likeness (QED) is 0.489. The van der Waals surface area contributed by atoms with Crippen LogP contribution in [-0.4, -0.2) is 47.9 Å². The minimum Gasteiger partial charge on any atom is -0.415 e. The van der Waals surface area contributed by atoms with E-state index >= 15 is 0 Å². The number of carbonyl (C=O) groups excluding carboxylic acids is 1. The van der Waals surface area contributed by atoms with Crippen molar-refractivity contribution in [3.05, 3.63) is 54.2 Å². The Balaban J connectivity index is 1.52. The van der Waals surface area contributed by atoms with Gasteiger partial charge in [-0.05, 0) is 37.1 Å². The minimum absolute atomic E-state index is 0.0324. The highest BCUT2D eigenvalue weighted by atomic mass is 19.3. The summed E-state index contributed by atoms with van der Waals surface area (Å²) in [4.78, 5) is 20.1. The van der Waals surface area contributed by atoms with E-state index < -0.39 is 12.3 Å². The Kier molecular flexibility index (Phi) is 6.69. The molecule has 168 valence electrons. The summed E-state index contributed by atoms with van der Waals surface area (Å²) in [7, 11) is 2.03. The van der Waals surface area contributed by atoms with E-state index in [0.29, 0.717) is 17.3 Å². The molecule has 1 fully saturated rings. The number of ether oxygens (including phenoxy) is 1. The average Bonchev–Trinajstić information content (AvgIpc) is 3.34. The molecular weight excluding hydrogens is 420 g/mol. The van der Waals surface area contributed by atoms with Crippen LogP contribution < -0.4 is 9.80 Å². The van der Waals surface area contributed by atoms with Gasteiger partial charge in [-0.15, -0.1) is 10.2 Å². The summed E-state index contributed by atoms with van der Waals surface area (Å²) < 4.78 is 35.7. The van der Waals surface area contributed by atoms with E-state index in [9.17, 15) is 13.6 Å². The first-order chi connectivity index (χ1) is 15.6. The van der Waals surface area contributed by atoms with Crippen LogP contribution in [0.1, 0.15) is 30.9 Å². The van der Waals surface area contributed by atoms with E-state index in [2.05, 4.69) is 20.1 Å². The number of para-hydroxylation sites is 2. The lowest BCUT2D eigenvalue weighted by atomic mass is 10.1. The molecule has 1 aromatic carbocycles. The number of alkyl halides is 2. The Morgan fingerprint density at radius 2 is 1.88 bits per heavy atom. The monoisotopic (exact) mass is 443 g/mol. The van der Waals surface area contributed by atoms with E-state index in [1.807, 2.05) is 31.3 Å². The maximum Gasteiger partial charge on any atom is 0.314 e. The van der Waals surface area contributed by atoms with Crippen LogP contribution in [0.5, 0.6) is 0 Å². The van der Waals surface area contributed by atoms with Gasteiger partial charge in [0.15, 0.2) is 0 Å². The SMILES string of the molecule is CN(c1ccccc1N(C=O)Cc1ccc(-c2nnc(C(F)F)o2)cn1)C1CCOCC1. The van der Waals surface area contributed by atoms with Gasteiger partial charge in [-0.1, -0.05) is 12.1 Å². The number of rotatable bonds is 8. The molecule has 4 rings (SSSR count). The van der Waals surface area contributed by atoms with E-state index in [1.165, 1.54) is 6.20 Å². The maximum absolute atomic E-state index is 12.7. The molecule has 3 heterocycles.